The van der Waals surface area contributed by atoms with Gasteiger partial charge in [-0.3, -0.25) is 0 Å². The zero-order valence-corrected chi connectivity index (χ0v) is 13.5. The highest BCUT2D eigenvalue weighted by Gasteiger charge is 2.21. The van der Waals surface area contributed by atoms with Crippen molar-refractivity contribution in [3.05, 3.63) is 24.0 Å². The molecule has 1 aromatic carbocycles. The SMILES string of the molecule is COC1CCCC(Nc2ccc(N(C)C(C)C)c(F)c2)C1. The normalized spacial score (nSPS) is 22.4. The Morgan fingerprint density at radius 1 is 1.33 bits per heavy atom. The molecule has 1 aliphatic rings. The number of ether oxygens (including phenoxy) is 1. The van der Waals surface area contributed by atoms with Gasteiger partial charge in [0.15, 0.2) is 0 Å². The summed E-state index contributed by atoms with van der Waals surface area (Å²) in [7, 11) is 3.68. The van der Waals surface area contributed by atoms with Gasteiger partial charge in [0.2, 0.25) is 0 Å². The minimum atomic E-state index is -0.171. The van der Waals surface area contributed by atoms with Crippen molar-refractivity contribution in [3.63, 3.8) is 0 Å². The molecule has 0 spiro atoms. The maximum absolute atomic E-state index is 14.3. The minimum absolute atomic E-state index is 0.171. The van der Waals surface area contributed by atoms with Crippen molar-refractivity contribution in [1.82, 2.24) is 0 Å². The van der Waals surface area contributed by atoms with E-state index in [1.807, 2.05) is 24.1 Å². The molecule has 0 heterocycles. The van der Waals surface area contributed by atoms with Crippen LogP contribution in [0.2, 0.25) is 0 Å². The van der Waals surface area contributed by atoms with Gasteiger partial charge in [0, 0.05) is 31.9 Å². The van der Waals surface area contributed by atoms with Gasteiger partial charge in [-0.15, -0.1) is 0 Å². The van der Waals surface area contributed by atoms with E-state index in [1.165, 1.54) is 0 Å². The molecular formula is C17H27FN2O. The molecule has 0 aliphatic heterocycles. The molecule has 4 heteroatoms. The molecule has 0 saturated heterocycles. The number of halogens is 1. The Morgan fingerprint density at radius 2 is 2.10 bits per heavy atom. The van der Waals surface area contributed by atoms with E-state index in [0.29, 0.717) is 17.8 Å². The second kappa shape index (κ2) is 7.12. The molecule has 0 radical (unpaired) electrons. The van der Waals surface area contributed by atoms with Gasteiger partial charge in [-0.25, -0.2) is 4.39 Å². The highest BCUT2D eigenvalue weighted by atomic mass is 19.1. The molecular weight excluding hydrogens is 267 g/mol. The van der Waals surface area contributed by atoms with Crippen molar-refractivity contribution < 1.29 is 9.13 Å². The number of hydrogen-bond acceptors (Lipinski definition) is 3. The largest absolute Gasteiger partial charge is 0.382 e. The van der Waals surface area contributed by atoms with E-state index in [-0.39, 0.29) is 11.9 Å². The van der Waals surface area contributed by atoms with E-state index in [0.717, 1.165) is 31.4 Å². The Labute approximate surface area is 127 Å². The highest BCUT2D eigenvalue weighted by molar-refractivity contribution is 5.56. The van der Waals surface area contributed by atoms with Gasteiger partial charge in [0.25, 0.3) is 0 Å². The van der Waals surface area contributed by atoms with E-state index < -0.39 is 0 Å². The van der Waals surface area contributed by atoms with Gasteiger partial charge < -0.3 is 15.0 Å². The lowest BCUT2D eigenvalue weighted by atomic mass is 9.92. The monoisotopic (exact) mass is 294 g/mol. The number of nitrogens with one attached hydrogen (secondary N) is 1. The van der Waals surface area contributed by atoms with Crippen LogP contribution in [0.1, 0.15) is 39.5 Å². The second-order valence-electron chi connectivity index (χ2n) is 6.24. The molecule has 3 nitrogen and oxygen atoms in total. The first-order chi connectivity index (χ1) is 10.0. The Hall–Kier alpha value is -1.29. The predicted molar refractivity (Wildman–Crippen MR) is 86.6 cm³/mol. The van der Waals surface area contributed by atoms with Gasteiger partial charge in [-0.05, 0) is 57.7 Å². The summed E-state index contributed by atoms with van der Waals surface area (Å²) in [5.74, 6) is -0.171. The van der Waals surface area contributed by atoms with Gasteiger partial charge in [-0.1, -0.05) is 0 Å². The van der Waals surface area contributed by atoms with Crippen LogP contribution in [0, 0.1) is 5.82 Å². The lowest BCUT2D eigenvalue weighted by Crippen LogP contribution is -2.31. The lowest BCUT2D eigenvalue weighted by Gasteiger charge is -2.30. The van der Waals surface area contributed by atoms with Crippen LogP contribution in [-0.4, -0.2) is 32.3 Å². The number of rotatable bonds is 5. The molecule has 2 unspecified atom stereocenters. The zero-order valence-electron chi connectivity index (χ0n) is 13.5. The van der Waals surface area contributed by atoms with Crippen molar-refractivity contribution in [1.29, 1.82) is 0 Å². The molecule has 1 aromatic rings. The number of benzene rings is 1. The first-order valence-corrected chi connectivity index (χ1v) is 7.83. The molecule has 1 fully saturated rings. The van der Waals surface area contributed by atoms with E-state index in [9.17, 15) is 4.39 Å². The fraction of sp³-hybridized carbons (Fsp3) is 0.647. The van der Waals surface area contributed by atoms with Crippen LogP contribution >= 0.6 is 0 Å². The Balaban J connectivity index is 2.03. The summed E-state index contributed by atoms with van der Waals surface area (Å²) in [6.07, 6.45) is 4.72. The molecule has 21 heavy (non-hydrogen) atoms. The standard InChI is InChI=1S/C17H27FN2O/c1-12(2)20(3)17-9-8-14(11-16(17)18)19-13-6-5-7-15(10-13)21-4/h8-9,11-13,15,19H,5-7,10H2,1-4H3. The average molecular weight is 294 g/mol. The Bertz CT molecular complexity index is 464. The quantitative estimate of drug-likeness (QED) is 0.887. The number of hydrogen-bond donors (Lipinski definition) is 1. The van der Waals surface area contributed by atoms with Crippen molar-refractivity contribution in [3.8, 4) is 0 Å². The maximum atomic E-state index is 14.3. The van der Waals surface area contributed by atoms with Crippen molar-refractivity contribution >= 4 is 11.4 Å². The van der Waals surface area contributed by atoms with E-state index in [4.69, 9.17) is 4.74 Å². The van der Waals surface area contributed by atoms with Crippen LogP contribution in [-0.2, 0) is 4.74 Å². The lowest BCUT2D eigenvalue weighted by molar-refractivity contribution is 0.0669. The molecule has 2 rings (SSSR count). The highest BCUT2D eigenvalue weighted by Crippen LogP contribution is 2.27. The summed E-state index contributed by atoms with van der Waals surface area (Å²) in [6.45, 7) is 4.11. The van der Waals surface area contributed by atoms with Crippen LogP contribution in [0.3, 0.4) is 0 Å². The summed E-state index contributed by atoms with van der Waals surface area (Å²) < 4.78 is 19.7. The summed E-state index contributed by atoms with van der Waals surface area (Å²) >= 11 is 0. The third-order valence-electron chi connectivity index (χ3n) is 4.43. The molecule has 0 bridgehead atoms. The van der Waals surface area contributed by atoms with Crippen molar-refractivity contribution in [2.75, 3.05) is 24.4 Å². The van der Waals surface area contributed by atoms with Gasteiger partial charge in [-0.2, -0.15) is 0 Å². The second-order valence-corrected chi connectivity index (χ2v) is 6.24. The van der Waals surface area contributed by atoms with E-state index in [2.05, 4.69) is 19.2 Å². The summed E-state index contributed by atoms with van der Waals surface area (Å²) in [6, 6.07) is 6.07. The van der Waals surface area contributed by atoms with Gasteiger partial charge in [0.05, 0.1) is 11.8 Å². The number of anilines is 2. The van der Waals surface area contributed by atoms with Crippen LogP contribution in [0.4, 0.5) is 15.8 Å². The average Bonchev–Trinajstić information content (AvgIpc) is 2.47. The third kappa shape index (κ3) is 4.10. The van der Waals surface area contributed by atoms with Crippen LogP contribution in [0.5, 0.6) is 0 Å². The molecule has 1 N–H and O–H groups in total. The smallest absolute Gasteiger partial charge is 0.148 e. The van der Waals surface area contributed by atoms with Crippen LogP contribution in [0.15, 0.2) is 18.2 Å². The summed E-state index contributed by atoms with van der Waals surface area (Å²) in [5.41, 5.74) is 1.50. The Morgan fingerprint density at radius 3 is 2.71 bits per heavy atom. The van der Waals surface area contributed by atoms with Gasteiger partial charge in [0.1, 0.15) is 5.82 Å². The minimum Gasteiger partial charge on any atom is -0.382 e. The predicted octanol–water partition coefficient (Wildman–Crippen LogP) is 4.04. The van der Waals surface area contributed by atoms with E-state index >= 15 is 0 Å². The van der Waals surface area contributed by atoms with Crippen LogP contribution in [0.25, 0.3) is 0 Å². The third-order valence-corrected chi connectivity index (χ3v) is 4.43. The van der Waals surface area contributed by atoms with Crippen molar-refractivity contribution in [2.45, 2.75) is 57.7 Å². The fourth-order valence-electron chi connectivity index (χ4n) is 2.89. The molecule has 2 atom stereocenters. The van der Waals surface area contributed by atoms with Crippen LogP contribution < -0.4 is 10.2 Å². The molecule has 0 amide bonds. The first kappa shape index (κ1) is 16.1. The maximum Gasteiger partial charge on any atom is 0.148 e. The zero-order chi connectivity index (χ0) is 15.4. The Kier molecular flexibility index (Phi) is 5.45. The topological polar surface area (TPSA) is 24.5 Å². The summed E-state index contributed by atoms with van der Waals surface area (Å²) in [4.78, 5) is 1.95. The van der Waals surface area contributed by atoms with Gasteiger partial charge >= 0.3 is 0 Å². The summed E-state index contributed by atoms with van der Waals surface area (Å²) in [5, 5.41) is 3.44. The molecule has 118 valence electrons. The molecule has 1 aliphatic carbocycles. The molecule has 0 aromatic heterocycles. The number of methoxy groups -OCH3 is 1. The fourth-order valence-corrected chi connectivity index (χ4v) is 2.89. The molecule has 1 saturated carbocycles. The first-order valence-electron chi connectivity index (χ1n) is 7.83. The number of nitrogens with zero attached hydrogens (tertiary/aromatic N) is 1. The van der Waals surface area contributed by atoms with Crippen molar-refractivity contribution in [2.24, 2.45) is 0 Å². The van der Waals surface area contributed by atoms with E-state index in [1.54, 1.807) is 13.2 Å².